The van der Waals surface area contributed by atoms with Gasteiger partial charge in [-0.25, -0.2) is 0 Å². The average Bonchev–Trinajstić information content (AvgIpc) is 2.58. The Morgan fingerprint density at radius 1 is 1.59 bits per heavy atom. The number of nitrogens with zero attached hydrogens (tertiary/aromatic N) is 1. The summed E-state index contributed by atoms with van der Waals surface area (Å²) in [4.78, 5) is 11.6. The van der Waals surface area contributed by atoms with E-state index in [1.54, 1.807) is 13.0 Å². The van der Waals surface area contributed by atoms with Crippen molar-refractivity contribution >= 4 is 17.5 Å². The van der Waals surface area contributed by atoms with Crippen molar-refractivity contribution in [3.05, 3.63) is 17.5 Å². The van der Waals surface area contributed by atoms with Gasteiger partial charge in [0.15, 0.2) is 0 Å². The number of carbonyl (C=O) groups is 1. The van der Waals surface area contributed by atoms with Crippen LogP contribution in [0.25, 0.3) is 0 Å². The highest BCUT2D eigenvalue weighted by Crippen LogP contribution is 2.23. The van der Waals surface area contributed by atoms with Gasteiger partial charge in [-0.1, -0.05) is 25.9 Å². The Morgan fingerprint density at radius 2 is 2.24 bits per heavy atom. The molecule has 96 valence electrons. The lowest BCUT2D eigenvalue weighted by molar-refractivity contribution is 0.0915. The van der Waals surface area contributed by atoms with Gasteiger partial charge in [0.2, 0.25) is 5.76 Å². The predicted octanol–water partition coefficient (Wildman–Crippen LogP) is 2.76. The van der Waals surface area contributed by atoms with Crippen LogP contribution in [0.1, 0.15) is 43.4 Å². The van der Waals surface area contributed by atoms with Crippen LogP contribution >= 0.6 is 11.6 Å². The number of alkyl halides is 1. The summed E-state index contributed by atoms with van der Waals surface area (Å²) in [5.41, 5.74) is 0.840. The van der Waals surface area contributed by atoms with Gasteiger partial charge in [-0.3, -0.25) is 4.79 Å². The summed E-state index contributed by atoms with van der Waals surface area (Å²) in [6.07, 6.45) is 0.838. The SMILES string of the molecule is Cc1cc(C(=O)NCC(Cl)CC(C)(C)C)on1. The van der Waals surface area contributed by atoms with Gasteiger partial charge in [-0.2, -0.15) is 0 Å². The molecule has 0 bridgehead atoms. The van der Waals surface area contributed by atoms with Gasteiger partial charge in [-0.15, -0.1) is 11.6 Å². The Bertz CT molecular complexity index is 382. The first kappa shape index (κ1) is 14.0. The minimum absolute atomic E-state index is 0.0806. The molecule has 17 heavy (non-hydrogen) atoms. The maximum Gasteiger partial charge on any atom is 0.289 e. The van der Waals surface area contributed by atoms with E-state index < -0.39 is 0 Å². The molecule has 0 aromatic carbocycles. The van der Waals surface area contributed by atoms with Gasteiger partial charge < -0.3 is 9.84 Å². The van der Waals surface area contributed by atoms with Gasteiger partial charge >= 0.3 is 0 Å². The zero-order valence-corrected chi connectivity index (χ0v) is 11.5. The summed E-state index contributed by atoms with van der Waals surface area (Å²) in [6, 6.07) is 1.60. The number of aromatic nitrogens is 1. The van der Waals surface area contributed by atoms with Crippen LogP contribution in [0.4, 0.5) is 0 Å². The number of amides is 1. The van der Waals surface area contributed by atoms with Crippen molar-refractivity contribution in [2.75, 3.05) is 6.54 Å². The third kappa shape index (κ3) is 5.22. The Morgan fingerprint density at radius 3 is 2.71 bits per heavy atom. The van der Waals surface area contributed by atoms with Crippen molar-refractivity contribution < 1.29 is 9.32 Å². The van der Waals surface area contributed by atoms with Crippen LogP contribution in [0, 0.1) is 12.3 Å². The first-order valence-electron chi connectivity index (χ1n) is 5.63. The molecule has 0 saturated heterocycles. The third-order valence-electron chi connectivity index (χ3n) is 2.17. The number of aryl methyl sites for hydroxylation is 1. The summed E-state index contributed by atoms with van der Waals surface area (Å²) in [5, 5.41) is 6.30. The van der Waals surface area contributed by atoms with Crippen LogP contribution in [0.15, 0.2) is 10.6 Å². The van der Waals surface area contributed by atoms with E-state index in [0.29, 0.717) is 12.2 Å². The third-order valence-corrected chi connectivity index (χ3v) is 2.48. The predicted molar refractivity (Wildman–Crippen MR) is 67.3 cm³/mol. The van der Waals surface area contributed by atoms with Crippen molar-refractivity contribution in [3.63, 3.8) is 0 Å². The first-order valence-corrected chi connectivity index (χ1v) is 6.07. The van der Waals surface area contributed by atoms with Crippen LogP contribution in [0.5, 0.6) is 0 Å². The molecule has 0 saturated carbocycles. The topological polar surface area (TPSA) is 55.1 Å². The van der Waals surface area contributed by atoms with E-state index in [-0.39, 0.29) is 22.5 Å². The number of carbonyl (C=O) groups excluding carboxylic acids is 1. The van der Waals surface area contributed by atoms with Gasteiger partial charge in [0.05, 0.1) is 11.1 Å². The van der Waals surface area contributed by atoms with Crippen LogP contribution < -0.4 is 5.32 Å². The molecule has 0 aliphatic carbocycles. The first-order chi connectivity index (χ1) is 7.78. The van der Waals surface area contributed by atoms with Crippen molar-refractivity contribution in [1.29, 1.82) is 0 Å². The molecule has 1 unspecified atom stereocenters. The summed E-state index contributed by atoms with van der Waals surface area (Å²) < 4.78 is 4.85. The van der Waals surface area contributed by atoms with E-state index in [9.17, 15) is 4.79 Å². The average molecular weight is 259 g/mol. The van der Waals surface area contributed by atoms with E-state index >= 15 is 0 Å². The van der Waals surface area contributed by atoms with E-state index in [4.69, 9.17) is 16.1 Å². The molecule has 1 amide bonds. The number of nitrogens with one attached hydrogen (secondary N) is 1. The van der Waals surface area contributed by atoms with Crippen molar-refractivity contribution in [1.82, 2.24) is 10.5 Å². The maximum atomic E-state index is 11.6. The standard InChI is InChI=1S/C12H19ClN2O2/c1-8-5-10(17-15-8)11(16)14-7-9(13)6-12(2,3)4/h5,9H,6-7H2,1-4H3,(H,14,16). The van der Waals surface area contributed by atoms with Gasteiger partial charge in [-0.05, 0) is 18.8 Å². The summed E-state index contributed by atoms with van der Waals surface area (Å²) >= 11 is 6.14. The Labute approximate surface area is 107 Å². The minimum Gasteiger partial charge on any atom is -0.351 e. The fourth-order valence-electron chi connectivity index (χ4n) is 1.50. The Balaban J connectivity index is 2.38. The van der Waals surface area contributed by atoms with Crippen molar-refractivity contribution in [3.8, 4) is 0 Å². The molecule has 0 aliphatic heterocycles. The lowest BCUT2D eigenvalue weighted by Crippen LogP contribution is -2.31. The number of hydrogen-bond donors (Lipinski definition) is 1. The maximum absolute atomic E-state index is 11.6. The fourth-order valence-corrected chi connectivity index (χ4v) is 2.04. The van der Waals surface area contributed by atoms with Gasteiger partial charge in [0, 0.05) is 12.6 Å². The fraction of sp³-hybridized carbons (Fsp3) is 0.667. The van der Waals surface area contributed by atoms with Crippen LogP contribution in [-0.2, 0) is 0 Å². The molecular formula is C12H19ClN2O2. The smallest absolute Gasteiger partial charge is 0.289 e. The molecule has 0 spiro atoms. The second-order valence-electron chi connectivity index (χ2n) is 5.40. The highest BCUT2D eigenvalue weighted by atomic mass is 35.5. The van der Waals surface area contributed by atoms with Gasteiger partial charge in [0.25, 0.3) is 5.91 Å². The zero-order valence-electron chi connectivity index (χ0n) is 10.7. The number of rotatable bonds is 4. The molecule has 0 fully saturated rings. The second-order valence-corrected chi connectivity index (χ2v) is 6.02. The normalized spacial score (nSPS) is 13.5. The number of hydrogen-bond acceptors (Lipinski definition) is 3. The number of halogens is 1. The lowest BCUT2D eigenvalue weighted by Gasteiger charge is -2.21. The molecule has 0 radical (unpaired) electrons. The van der Waals surface area contributed by atoms with E-state index in [1.807, 2.05) is 0 Å². The molecule has 1 rings (SSSR count). The Hall–Kier alpha value is -1.03. The van der Waals surface area contributed by atoms with E-state index in [0.717, 1.165) is 6.42 Å². The molecule has 4 nitrogen and oxygen atoms in total. The summed E-state index contributed by atoms with van der Waals surface area (Å²) in [5.74, 6) is -0.0488. The van der Waals surface area contributed by atoms with Crippen LogP contribution in [0.2, 0.25) is 0 Å². The quantitative estimate of drug-likeness (QED) is 0.845. The molecule has 1 heterocycles. The largest absolute Gasteiger partial charge is 0.351 e. The van der Waals surface area contributed by atoms with E-state index in [1.165, 1.54) is 0 Å². The monoisotopic (exact) mass is 258 g/mol. The molecule has 1 N–H and O–H groups in total. The molecule has 1 atom stereocenters. The zero-order chi connectivity index (χ0) is 13.1. The molecular weight excluding hydrogens is 240 g/mol. The van der Waals surface area contributed by atoms with E-state index in [2.05, 4.69) is 31.2 Å². The van der Waals surface area contributed by atoms with Crippen molar-refractivity contribution in [2.45, 2.75) is 39.5 Å². The van der Waals surface area contributed by atoms with Crippen LogP contribution in [-0.4, -0.2) is 23.0 Å². The molecule has 1 aromatic rings. The summed E-state index contributed by atoms with van der Waals surface area (Å²) in [7, 11) is 0. The molecule has 1 aromatic heterocycles. The molecule has 5 heteroatoms. The molecule has 0 aliphatic rings. The summed E-state index contributed by atoms with van der Waals surface area (Å²) in [6.45, 7) is 8.54. The van der Waals surface area contributed by atoms with Crippen molar-refractivity contribution in [2.24, 2.45) is 5.41 Å². The Kier molecular flexibility index (Phi) is 4.57. The van der Waals surface area contributed by atoms with Gasteiger partial charge in [0.1, 0.15) is 0 Å². The highest BCUT2D eigenvalue weighted by molar-refractivity contribution is 6.21. The minimum atomic E-state index is -0.273. The highest BCUT2D eigenvalue weighted by Gasteiger charge is 2.18. The second kappa shape index (κ2) is 5.54. The van der Waals surface area contributed by atoms with Crippen LogP contribution in [0.3, 0.4) is 0 Å². The lowest BCUT2D eigenvalue weighted by atomic mass is 9.90.